The summed E-state index contributed by atoms with van der Waals surface area (Å²) < 4.78 is 0. The lowest BCUT2D eigenvalue weighted by Crippen LogP contribution is -2.29. The molecule has 0 aromatic heterocycles. The summed E-state index contributed by atoms with van der Waals surface area (Å²) in [5.41, 5.74) is 0. The minimum absolute atomic E-state index is 0.0700. The van der Waals surface area contributed by atoms with Crippen LogP contribution in [0, 0.1) is 5.92 Å². The molecule has 0 amide bonds. The first-order valence-electron chi connectivity index (χ1n) is 4.70. The Morgan fingerprint density at radius 2 is 1.92 bits per heavy atom. The van der Waals surface area contributed by atoms with Gasteiger partial charge in [-0.3, -0.25) is 0 Å². The molecule has 0 saturated heterocycles. The lowest BCUT2D eigenvalue weighted by Gasteiger charge is -2.28. The molecule has 0 aromatic rings. The molecule has 1 N–H and O–H groups in total. The zero-order valence-electron chi connectivity index (χ0n) is 7.38. The lowest BCUT2D eigenvalue weighted by molar-refractivity contribution is 0.0930. The highest BCUT2D eigenvalue weighted by Gasteiger charge is 2.25. The topological polar surface area (TPSA) is 20.2 Å². The molecule has 0 radical (unpaired) electrons. The molecule has 70 valence electrons. The van der Waals surface area contributed by atoms with Gasteiger partial charge in [-0.25, -0.2) is 0 Å². The first-order valence-corrected chi connectivity index (χ1v) is 5.62. The number of aliphatic hydroxyl groups excluding tert-OH is 1. The molecule has 2 heteroatoms. The number of hydrogen-bond donors (Lipinski definition) is 1. The monoisotopic (exact) mass is 232 g/mol. The van der Waals surface area contributed by atoms with E-state index >= 15 is 0 Å². The van der Waals surface area contributed by atoms with Crippen molar-refractivity contribution < 1.29 is 5.11 Å². The normalized spacial score (nSPS) is 24.8. The Labute approximate surface area is 83.0 Å². The van der Waals surface area contributed by atoms with Crippen molar-refractivity contribution in [2.75, 3.05) is 0 Å². The van der Waals surface area contributed by atoms with E-state index in [-0.39, 0.29) is 10.9 Å². The van der Waals surface area contributed by atoms with Crippen LogP contribution < -0.4 is 0 Å². The van der Waals surface area contributed by atoms with Gasteiger partial charge in [0.25, 0.3) is 0 Å². The Hall–Kier alpha value is 0.180. The van der Waals surface area contributed by atoms with E-state index in [9.17, 15) is 5.11 Å². The number of hydrogen-bond acceptors (Lipinski definition) is 1. The number of aliphatic hydroxyl groups is 1. The third-order valence-electron chi connectivity index (χ3n) is 2.68. The Morgan fingerprint density at radius 1 is 1.33 bits per heavy atom. The van der Waals surface area contributed by atoms with Crippen molar-refractivity contribution in [3.8, 4) is 0 Å². The fraction of sp³-hybridized carbons (Fsp3) is 0.800. The van der Waals surface area contributed by atoms with Crippen LogP contribution in [-0.2, 0) is 0 Å². The summed E-state index contributed by atoms with van der Waals surface area (Å²) in [6.45, 7) is 3.67. The molecule has 12 heavy (non-hydrogen) atoms. The van der Waals surface area contributed by atoms with Gasteiger partial charge in [0.05, 0.1) is 10.9 Å². The zero-order chi connectivity index (χ0) is 8.97. The molecule has 1 aliphatic rings. The molecule has 0 bridgehead atoms. The molecule has 2 atom stereocenters. The van der Waals surface area contributed by atoms with E-state index < -0.39 is 0 Å². The van der Waals surface area contributed by atoms with Crippen LogP contribution in [0.4, 0.5) is 0 Å². The maximum Gasteiger partial charge on any atom is 0.0728 e. The fourth-order valence-electron chi connectivity index (χ4n) is 1.88. The van der Waals surface area contributed by atoms with E-state index in [0.29, 0.717) is 5.92 Å². The maximum atomic E-state index is 9.82. The summed E-state index contributed by atoms with van der Waals surface area (Å²) in [6.07, 6.45) is 7.79. The summed E-state index contributed by atoms with van der Waals surface area (Å²) in [5, 5.41) is 9.82. The molecule has 0 aliphatic heterocycles. The molecule has 1 nitrogen and oxygen atoms in total. The highest BCUT2D eigenvalue weighted by molar-refractivity contribution is 9.09. The Bertz CT molecular complexity index is 141. The molecular formula is C10H17BrO. The highest BCUT2D eigenvalue weighted by atomic mass is 79.9. The van der Waals surface area contributed by atoms with Crippen LogP contribution in [0.25, 0.3) is 0 Å². The van der Waals surface area contributed by atoms with Gasteiger partial charge in [0.2, 0.25) is 0 Å². The predicted octanol–water partition coefficient (Wildman–Crippen LogP) is 2.88. The van der Waals surface area contributed by atoms with E-state index in [2.05, 4.69) is 22.5 Å². The first-order chi connectivity index (χ1) is 5.75. The Morgan fingerprint density at radius 3 is 2.42 bits per heavy atom. The zero-order valence-corrected chi connectivity index (χ0v) is 8.96. The predicted molar refractivity (Wildman–Crippen MR) is 55.5 cm³/mol. The van der Waals surface area contributed by atoms with E-state index in [1.165, 1.54) is 32.1 Å². The molecule has 0 spiro atoms. The number of alkyl halides is 1. The second-order valence-electron chi connectivity index (χ2n) is 3.57. The van der Waals surface area contributed by atoms with Gasteiger partial charge in [-0.05, 0) is 18.8 Å². The van der Waals surface area contributed by atoms with E-state index in [0.717, 1.165) is 0 Å². The quantitative estimate of drug-likeness (QED) is 0.587. The van der Waals surface area contributed by atoms with Crippen molar-refractivity contribution >= 4 is 15.9 Å². The van der Waals surface area contributed by atoms with Crippen molar-refractivity contribution in [1.82, 2.24) is 0 Å². The number of rotatable bonds is 3. The van der Waals surface area contributed by atoms with Crippen molar-refractivity contribution in [2.45, 2.75) is 43.0 Å². The van der Waals surface area contributed by atoms with E-state index in [4.69, 9.17) is 0 Å². The van der Waals surface area contributed by atoms with Gasteiger partial charge >= 0.3 is 0 Å². The lowest BCUT2D eigenvalue weighted by atomic mass is 9.84. The van der Waals surface area contributed by atoms with Crippen molar-refractivity contribution in [3.63, 3.8) is 0 Å². The second-order valence-corrected chi connectivity index (χ2v) is 4.63. The van der Waals surface area contributed by atoms with Gasteiger partial charge < -0.3 is 5.11 Å². The standard InChI is InChI=1S/C10H17BrO/c1-2-9(11)10(12)8-6-4-3-5-7-8/h2,8-10,12H,1,3-7H2/t9-,10-/m0/s1. The van der Waals surface area contributed by atoms with Crippen LogP contribution in [0.2, 0.25) is 0 Å². The molecule has 0 heterocycles. The van der Waals surface area contributed by atoms with Crippen molar-refractivity contribution in [3.05, 3.63) is 12.7 Å². The SMILES string of the molecule is C=C[C@H](Br)[C@@H](O)C1CCCCC1. The summed E-state index contributed by atoms with van der Waals surface area (Å²) in [7, 11) is 0. The van der Waals surface area contributed by atoms with Crippen LogP contribution in [0.5, 0.6) is 0 Å². The molecule has 1 saturated carbocycles. The smallest absolute Gasteiger partial charge is 0.0728 e. The average molecular weight is 233 g/mol. The minimum atomic E-state index is -0.234. The molecule has 1 rings (SSSR count). The maximum absolute atomic E-state index is 9.82. The minimum Gasteiger partial charge on any atom is -0.391 e. The average Bonchev–Trinajstić information content (AvgIpc) is 2.17. The number of halogens is 1. The van der Waals surface area contributed by atoms with Crippen LogP contribution in [-0.4, -0.2) is 16.0 Å². The fourth-order valence-corrected chi connectivity index (χ4v) is 2.31. The van der Waals surface area contributed by atoms with Crippen LogP contribution in [0.3, 0.4) is 0 Å². The largest absolute Gasteiger partial charge is 0.391 e. The van der Waals surface area contributed by atoms with Crippen LogP contribution in [0.1, 0.15) is 32.1 Å². The van der Waals surface area contributed by atoms with Crippen molar-refractivity contribution in [1.29, 1.82) is 0 Å². The van der Waals surface area contributed by atoms with Gasteiger partial charge in [-0.1, -0.05) is 41.3 Å². The summed E-state index contributed by atoms with van der Waals surface area (Å²) in [6, 6.07) is 0. The Balaban J connectivity index is 2.38. The van der Waals surface area contributed by atoms with Gasteiger partial charge in [0.1, 0.15) is 0 Å². The molecule has 1 fully saturated rings. The van der Waals surface area contributed by atoms with Gasteiger partial charge in [-0.15, -0.1) is 6.58 Å². The highest BCUT2D eigenvalue weighted by Crippen LogP contribution is 2.29. The van der Waals surface area contributed by atoms with Crippen LogP contribution >= 0.6 is 15.9 Å². The third-order valence-corrected chi connectivity index (χ3v) is 3.60. The molecule has 0 aromatic carbocycles. The van der Waals surface area contributed by atoms with Gasteiger partial charge in [0, 0.05) is 0 Å². The van der Waals surface area contributed by atoms with Crippen LogP contribution in [0.15, 0.2) is 12.7 Å². The summed E-state index contributed by atoms with van der Waals surface area (Å²) >= 11 is 3.41. The van der Waals surface area contributed by atoms with E-state index in [1.807, 2.05) is 0 Å². The van der Waals surface area contributed by atoms with E-state index in [1.54, 1.807) is 6.08 Å². The van der Waals surface area contributed by atoms with Crippen molar-refractivity contribution in [2.24, 2.45) is 5.92 Å². The second kappa shape index (κ2) is 5.03. The summed E-state index contributed by atoms with van der Waals surface area (Å²) in [4.78, 5) is 0.0700. The molecule has 0 unspecified atom stereocenters. The molecular weight excluding hydrogens is 216 g/mol. The summed E-state index contributed by atoms with van der Waals surface area (Å²) in [5.74, 6) is 0.487. The van der Waals surface area contributed by atoms with Gasteiger partial charge in [0.15, 0.2) is 0 Å². The van der Waals surface area contributed by atoms with Gasteiger partial charge in [-0.2, -0.15) is 0 Å². The first kappa shape index (κ1) is 10.3. The Kier molecular flexibility index (Phi) is 4.30. The third kappa shape index (κ3) is 2.60. The molecule has 1 aliphatic carbocycles.